The zero-order chi connectivity index (χ0) is 43.1. The molecule has 0 saturated heterocycles. The lowest BCUT2D eigenvalue weighted by atomic mass is 10.1. The van der Waals surface area contributed by atoms with E-state index in [1.54, 1.807) is 82.5 Å². The van der Waals surface area contributed by atoms with Crippen molar-refractivity contribution in [1.82, 2.24) is 29.7 Å². The number of hydrogen-bond donors (Lipinski definition) is 2. The first-order valence-electron chi connectivity index (χ1n) is 19.2. The van der Waals surface area contributed by atoms with Crippen LogP contribution < -0.4 is 21.8 Å². The molecule has 0 aliphatic heterocycles. The van der Waals surface area contributed by atoms with E-state index in [0.29, 0.717) is 56.8 Å². The van der Waals surface area contributed by atoms with Crippen molar-refractivity contribution < 1.29 is 19.1 Å². The van der Waals surface area contributed by atoms with E-state index in [1.165, 1.54) is 4.57 Å². The first kappa shape index (κ1) is 43.8. The summed E-state index contributed by atoms with van der Waals surface area (Å²) in [5.74, 6) is 0.835. The number of halogens is 1. The highest BCUT2D eigenvalue weighted by atomic mass is 79.9. The van der Waals surface area contributed by atoms with Crippen LogP contribution in [0.1, 0.15) is 97.5 Å². The minimum absolute atomic E-state index is 0.201. The number of carbonyl (C=O) groups is 2. The van der Waals surface area contributed by atoms with E-state index in [4.69, 9.17) is 14.5 Å². The van der Waals surface area contributed by atoms with E-state index in [-0.39, 0.29) is 22.1 Å². The molecule has 0 saturated carbocycles. The number of benzene rings is 4. The van der Waals surface area contributed by atoms with Gasteiger partial charge in [-0.3, -0.25) is 18.7 Å². The molecule has 2 aromatic heterocycles. The molecule has 6 aromatic rings. The maximum Gasteiger partial charge on any atom is 0.408 e. The molecular formula is C45H48BrN7O6. The molecule has 0 fully saturated rings. The maximum absolute atomic E-state index is 13.5. The fourth-order valence-corrected chi connectivity index (χ4v) is 6.79. The Balaban J connectivity index is 0.000000224. The Hall–Kier alpha value is -6.33. The highest BCUT2D eigenvalue weighted by molar-refractivity contribution is 9.10. The molecule has 14 heteroatoms. The lowest BCUT2D eigenvalue weighted by Crippen LogP contribution is -2.37. The van der Waals surface area contributed by atoms with Gasteiger partial charge in [-0.05, 0) is 119 Å². The predicted octanol–water partition coefficient (Wildman–Crippen LogP) is 9.36. The summed E-state index contributed by atoms with van der Waals surface area (Å²) in [6.45, 7) is 14.6. The molecule has 2 amide bonds. The minimum Gasteiger partial charge on any atom is -0.444 e. The number of nitrogens with one attached hydrogen (secondary N) is 2. The van der Waals surface area contributed by atoms with Gasteiger partial charge in [0.05, 0.1) is 50.8 Å². The van der Waals surface area contributed by atoms with Crippen molar-refractivity contribution in [2.75, 3.05) is 0 Å². The molecule has 0 spiro atoms. The molecule has 4 aromatic carbocycles. The second-order valence-electron chi connectivity index (χ2n) is 15.6. The van der Waals surface area contributed by atoms with Gasteiger partial charge >= 0.3 is 12.2 Å². The third-order valence-electron chi connectivity index (χ3n) is 8.77. The maximum atomic E-state index is 13.5. The van der Waals surface area contributed by atoms with Crippen molar-refractivity contribution >= 4 is 49.9 Å². The molecule has 6 rings (SSSR count). The number of nitriles is 1. The first-order chi connectivity index (χ1) is 28.0. The van der Waals surface area contributed by atoms with E-state index in [0.717, 1.165) is 0 Å². The Labute approximate surface area is 351 Å². The number of fused-ring (bicyclic) bond motifs is 2. The standard InChI is InChI=1S/C23H24N4O3.C22H24BrN3O3/c1-5-17(26-22(29)30-23(2,3)4)20-25-18-13-9-10-15(14-24)19(18)21(28)27(20)16-11-7-6-8-12-16;1-5-16(25-21(28)29-22(2,3)4)19-24-17-13-9-12-15(23)18(17)20(27)26(19)14-10-7-6-8-11-14/h6-13,17H,5H2,1-4H3,(H,26,29);6-13,16H,5H2,1-4H3,(H,25,28)/t17-;16-/m00/s1. The summed E-state index contributed by atoms with van der Waals surface area (Å²) >= 11 is 3.46. The van der Waals surface area contributed by atoms with Gasteiger partial charge in [0.1, 0.15) is 28.9 Å². The van der Waals surface area contributed by atoms with Crippen molar-refractivity contribution in [2.24, 2.45) is 0 Å². The minimum atomic E-state index is -0.653. The zero-order valence-corrected chi connectivity index (χ0v) is 36.0. The second-order valence-corrected chi connectivity index (χ2v) is 16.4. The number of ether oxygens (including phenoxy) is 2. The van der Waals surface area contributed by atoms with Crippen molar-refractivity contribution in [3.63, 3.8) is 0 Å². The highest BCUT2D eigenvalue weighted by Gasteiger charge is 2.27. The normalized spacial score (nSPS) is 12.4. The predicted molar refractivity (Wildman–Crippen MR) is 232 cm³/mol. The quantitative estimate of drug-likeness (QED) is 0.151. The van der Waals surface area contributed by atoms with E-state index >= 15 is 0 Å². The van der Waals surface area contributed by atoms with Crippen LogP contribution in [0.25, 0.3) is 33.2 Å². The van der Waals surface area contributed by atoms with Gasteiger partial charge in [0.2, 0.25) is 0 Å². The van der Waals surface area contributed by atoms with Gasteiger partial charge in [0.25, 0.3) is 11.1 Å². The first-order valence-corrected chi connectivity index (χ1v) is 20.0. The largest absolute Gasteiger partial charge is 0.444 e. The number of para-hydroxylation sites is 2. The van der Waals surface area contributed by atoms with E-state index in [9.17, 15) is 24.4 Å². The topological polar surface area (TPSA) is 170 Å². The van der Waals surface area contributed by atoms with Gasteiger partial charge in [-0.15, -0.1) is 0 Å². The number of aromatic nitrogens is 4. The van der Waals surface area contributed by atoms with Gasteiger partial charge in [-0.1, -0.05) is 62.4 Å². The molecule has 13 nitrogen and oxygen atoms in total. The Morgan fingerprint density at radius 2 is 1.07 bits per heavy atom. The summed E-state index contributed by atoms with van der Waals surface area (Å²) in [6.07, 6.45) is -0.110. The summed E-state index contributed by atoms with van der Waals surface area (Å²) in [5, 5.41) is 15.9. The van der Waals surface area contributed by atoms with Crippen LogP contribution in [0.4, 0.5) is 9.59 Å². The number of amides is 2. The van der Waals surface area contributed by atoms with Crippen molar-refractivity contribution in [3.8, 4) is 17.4 Å². The zero-order valence-electron chi connectivity index (χ0n) is 34.4. The lowest BCUT2D eigenvalue weighted by Gasteiger charge is -2.24. The molecule has 306 valence electrons. The van der Waals surface area contributed by atoms with Crippen LogP contribution in [0.5, 0.6) is 0 Å². The molecular weight excluding hydrogens is 814 g/mol. The number of rotatable bonds is 8. The molecule has 0 aliphatic carbocycles. The van der Waals surface area contributed by atoms with Crippen molar-refractivity contribution in [1.29, 1.82) is 5.26 Å². The van der Waals surface area contributed by atoms with Crippen molar-refractivity contribution in [2.45, 2.75) is 91.5 Å². The second kappa shape index (κ2) is 18.5. The van der Waals surface area contributed by atoms with Crippen LogP contribution in [0, 0.1) is 11.3 Å². The van der Waals surface area contributed by atoms with Crippen LogP contribution in [0.2, 0.25) is 0 Å². The van der Waals surface area contributed by atoms with Gasteiger partial charge in [0, 0.05) is 4.47 Å². The Bertz CT molecular complexity index is 2630. The Morgan fingerprint density at radius 1 is 0.661 bits per heavy atom. The molecule has 0 aliphatic rings. The summed E-state index contributed by atoms with van der Waals surface area (Å²) in [4.78, 5) is 61.2. The monoisotopic (exact) mass is 861 g/mol. The summed E-state index contributed by atoms with van der Waals surface area (Å²) < 4.78 is 14.5. The number of nitrogens with zero attached hydrogens (tertiary/aromatic N) is 5. The van der Waals surface area contributed by atoms with Gasteiger partial charge < -0.3 is 20.1 Å². The number of hydrogen-bond acceptors (Lipinski definition) is 9. The van der Waals surface area contributed by atoms with Crippen LogP contribution in [0.15, 0.2) is 111 Å². The number of alkyl carbamates (subject to hydrolysis) is 2. The van der Waals surface area contributed by atoms with Crippen LogP contribution in [-0.4, -0.2) is 42.5 Å². The molecule has 0 radical (unpaired) electrons. The van der Waals surface area contributed by atoms with Gasteiger partial charge in [-0.2, -0.15) is 5.26 Å². The molecule has 59 heavy (non-hydrogen) atoms. The summed E-state index contributed by atoms with van der Waals surface area (Å²) in [5.41, 5.74) is 0.682. The van der Waals surface area contributed by atoms with E-state index in [1.807, 2.05) is 74.5 Å². The Kier molecular flexibility index (Phi) is 13.7. The average molecular weight is 863 g/mol. The summed E-state index contributed by atoms with van der Waals surface area (Å²) in [7, 11) is 0. The highest BCUT2D eigenvalue weighted by Crippen LogP contribution is 2.26. The smallest absolute Gasteiger partial charge is 0.408 e. The third kappa shape index (κ3) is 10.6. The van der Waals surface area contributed by atoms with Crippen LogP contribution >= 0.6 is 15.9 Å². The molecule has 2 N–H and O–H groups in total. The van der Waals surface area contributed by atoms with Crippen molar-refractivity contribution in [3.05, 3.63) is 139 Å². The molecule has 0 bridgehead atoms. The number of carbonyl (C=O) groups excluding carboxylic acids is 2. The Morgan fingerprint density at radius 3 is 1.47 bits per heavy atom. The SMILES string of the molecule is CC[C@H](NC(=O)OC(C)(C)C)c1nc2cccc(Br)c2c(=O)n1-c1ccccc1.CC[C@H](NC(=O)OC(C)(C)C)c1nc2cccc(C#N)c2c(=O)n1-c1ccccc1. The summed E-state index contributed by atoms with van der Waals surface area (Å²) in [6, 6.07) is 29.7. The molecule has 2 heterocycles. The fraction of sp³-hybridized carbons (Fsp3) is 0.311. The van der Waals surface area contributed by atoms with E-state index in [2.05, 4.69) is 37.6 Å². The van der Waals surface area contributed by atoms with E-state index < -0.39 is 35.5 Å². The molecule has 2 atom stereocenters. The fourth-order valence-electron chi connectivity index (χ4n) is 6.27. The lowest BCUT2D eigenvalue weighted by molar-refractivity contribution is 0.0487. The van der Waals surface area contributed by atoms with Crippen LogP contribution in [0.3, 0.4) is 0 Å². The van der Waals surface area contributed by atoms with Crippen LogP contribution in [-0.2, 0) is 9.47 Å². The average Bonchev–Trinajstić information content (AvgIpc) is 3.18. The molecule has 0 unspecified atom stereocenters. The van der Waals surface area contributed by atoms with Gasteiger partial charge in [0.15, 0.2) is 0 Å². The van der Waals surface area contributed by atoms with Gasteiger partial charge in [-0.25, -0.2) is 19.6 Å². The third-order valence-corrected chi connectivity index (χ3v) is 9.43.